The normalized spacial score (nSPS) is 13.1. The quantitative estimate of drug-likeness (QED) is 0.564. The Labute approximate surface area is 86.2 Å². The molecule has 0 aliphatic rings. The summed E-state index contributed by atoms with van der Waals surface area (Å²) in [5.41, 5.74) is 5.21. The van der Waals surface area contributed by atoms with Gasteiger partial charge in [-0.15, -0.1) is 0 Å². The van der Waals surface area contributed by atoms with Gasteiger partial charge in [0.1, 0.15) is 0 Å². The van der Waals surface area contributed by atoms with Gasteiger partial charge in [0.25, 0.3) is 0 Å². The van der Waals surface area contributed by atoms with E-state index in [1.165, 1.54) is 0 Å². The largest absolute Gasteiger partial charge is 0.381 e. The lowest BCUT2D eigenvalue weighted by Gasteiger charge is -2.14. The Hall–Kier alpha value is -0.610. The van der Waals surface area contributed by atoms with E-state index in [4.69, 9.17) is 10.5 Å². The second-order valence-corrected chi connectivity index (χ2v) is 3.77. The third kappa shape index (κ3) is 6.86. The number of nitrogens with two attached hydrogens (primary N) is 1. The van der Waals surface area contributed by atoms with Gasteiger partial charge in [0, 0.05) is 13.2 Å². The van der Waals surface area contributed by atoms with Gasteiger partial charge in [-0.2, -0.15) is 0 Å². The lowest BCUT2D eigenvalue weighted by Crippen LogP contribution is -2.41. The van der Waals surface area contributed by atoms with Gasteiger partial charge in [0.15, 0.2) is 0 Å². The predicted molar refractivity (Wildman–Crippen MR) is 56.9 cm³/mol. The maximum Gasteiger partial charge on any atom is 0.234 e. The zero-order chi connectivity index (χ0) is 11.0. The molecule has 0 fully saturated rings. The smallest absolute Gasteiger partial charge is 0.234 e. The predicted octanol–water partition coefficient (Wildman–Crippen LogP) is 0.513. The van der Waals surface area contributed by atoms with Crippen LogP contribution in [0, 0.1) is 5.92 Å². The zero-order valence-electron chi connectivity index (χ0n) is 9.38. The highest BCUT2D eigenvalue weighted by Crippen LogP contribution is 1.96. The summed E-state index contributed by atoms with van der Waals surface area (Å²) in [5, 5.41) is 3.02. The Bertz CT molecular complexity index is 160. The molecule has 3 N–H and O–H groups in total. The molecular formula is C10H22N2O2. The highest BCUT2D eigenvalue weighted by molar-refractivity contribution is 5.79. The van der Waals surface area contributed by atoms with Crippen molar-refractivity contribution < 1.29 is 9.53 Å². The highest BCUT2D eigenvalue weighted by Gasteiger charge is 2.12. The lowest BCUT2D eigenvalue weighted by molar-refractivity contribution is -0.120. The minimum absolute atomic E-state index is 0.257. The Morgan fingerprint density at radius 3 is 2.57 bits per heavy atom. The van der Waals surface area contributed by atoms with E-state index >= 15 is 0 Å². The fraction of sp³-hybridized carbons (Fsp3) is 0.900. The molecule has 1 atom stereocenters. The van der Waals surface area contributed by atoms with Crippen LogP contribution in [-0.4, -0.2) is 31.7 Å². The number of carbonyl (C=O) groups excluding carboxylic acids is 1. The molecule has 0 aromatic carbocycles. The molecule has 4 heteroatoms. The van der Waals surface area contributed by atoms with E-state index in [2.05, 4.69) is 19.2 Å². The Morgan fingerprint density at radius 2 is 2.14 bits per heavy atom. The SMILES string of the molecule is CCNC(CCOCC(C)C)C(N)=O. The molecule has 0 saturated carbocycles. The molecule has 0 aliphatic carbocycles. The molecule has 0 rings (SSSR count). The number of nitrogens with one attached hydrogen (secondary N) is 1. The Morgan fingerprint density at radius 1 is 1.50 bits per heavy atom. The maximum atomic E-state index is 10.9. The van der Waals surface area contributed by atoms with E-state index in [0.29, 0.717) is 18.9 Å². The highest BCUT2D eigenvalue weighted by atomic mass is 16.5. The van der Waals surface area contributed by atoms with E-state index in [1.54, 1.807) is 0 Å². The van der Waals surface area contributed by atoms with Crippen LogP contribution in [0.25, 0.3) is 0 Å². The maximum absolute atomic E-state index is 10.9. The van der Waals surface area contributed by atoms with Crippen LogP contribution in [0.4, 0.5) is 0 Å². The minimum Gasteiger partial charge on any atom is -0.381 e. The van der Waals surface area contributed by atoms with E-state index < -0.39 is 0 Å². The summed E-state index contributed by atoms with van der Waals surface area (Å²) in [6.07, 6.45) is 0.649. The molecule has 0 spiro atoms. The van der Waals surface area contributed by atoms with Crippen molar-refractivity contribution in [1.29, 1.82) is 0 Å². The molecule has 1 amide bonds. The number of hydrogen-bond donors (Lipinski definition) is 2. The van der Waals surface area contributed by atoms with Crippen molar-refractivity contribution in [3.63, 3.8) is 0 Å². The van der Waals surface area contributed by atoms with E-state index in [-0.39, 0.29) is 11.9 Å². The van der Waals surface area contributed by atoms with Gasteiger partial charge in [-0.25, -0.2) is 0 Å². The third-order valence-electron chi connectivity index (χ3n) is 1.80. The van der Waals surface area contributed by atoms with Crippen molar-refractivity contribution in [2.75, 3.05) is 19.8 Å². The summed E-state index contributed by atoms with van der Waals surface area (Å²) in [6, 6.07) is -0.257. The first kappa shape index (κ1) is 13.4. The van der Waals surface area contributed by atoms with Crippen LogP contribution in [-0.2, 0) is 9.53 Å². The van der Waals surface area contributed by atoms with Crippen LogP contribution >= 0.6 is 0 Å². The van der Waals surface area contributed by atoms with Gasteiger partial charge >= 0.3 is 0 Å². The fourth-order valence-corrected chi connectivity index (χ4v) is 1.11. The van der Waals surface area contributed by atoms with E-state index in [9.17, 15) is 4.79 Å². The van der Waals surface area contributed by atoms with Crippen LogP contribution in [0.2, 0.25) is 0 Å². The summed E-state index contributed by atoms with van der Waals surface area (Å²) in [4.78, 5) is 10.9. The van der Waals surface area contributed by atoms with Gasteiger partial charge in [-0.3, -0.25) is 4.79 Å². The molecule has 0 aliphatic heterocycles. The summed E-state index contributed by atoms with van der Waals surface area (Å²) in [7, 11) is 0. The van der Waals surface area contributed by atoms with Crippen molar-refractivity contribution in [2.24, 2.45) is 11.7 Å². The van der Waals surface area contributed by atoms with Gasteiger partial charge in [-0.1, -0.05) is 20.8 Å². The van der Waals surface area contributed by atoms with Crippen molar-refractivity contribution in [1.82, 2.24) is 5.32 Å². The molecule has 0 saturated heterocycles. The summed E-state index contributed by atoms with van der Waals surface area (Å²) in [5.74, 6) is 0.223. The van der Waals surface area contributed by atoms with Crippen molar-refractivity contribution in [2.45, 2.75) is 33.2 Å². The van der Waals surface area contributed by atoms with Crippen LogP contribution in [0.3, 0.4) is 0 Å². The zero-order valence-corrected chi connectivity index (χ0v) is 9.38. The fourth-order valence-electron chi connectivity index (χ4n) is 1.11. The Kier molecular flexibility index (Phi) is 7.42. The van der Waals surface area contributed by atoms with Crippen LogP contribution in [0.5, 0.6) is 0 Å². The average Bonchev–Trinajstić information content (AvgIpc) is 2.09. The monoisotopic (exact) mass is 202 g/mol. The third-order valence-corrected chi connectivity index (χ3v) is 1.80. The number of primary amides is 1. The molecule has 0 bridgehead atoms. The summed E-state index contributed by atoms with van der Waals surface area (Å²) in [6.45, 7) is 8.20. The van der Waals surface area contributed by atoms with E-state index in [0.717, 1.165) is 13.2 Å². The number of hydrogen-bond acceptors (Lipinski definition) is 3. The summed E-state index contributed by atoms with van der Waals surface area (Å²) >= 11 is 0. The van der Waals surface area contributed by atoms with Crippen LogP contribution in [0.15, 0.2) is 0 Å². The number of likely N-dealkylation sites (N-methyl/N-ethyl adjacent to an activating group) is 1. The standard InChI is InChI=1S/C10H22N2O2/c1-4-12-9(10(11)13)5-6-14-7-8(2)3/h8-9,12H,4-7H2,1-3H3,(H2,11,13). The first-order chi connectivity index (χ1) is 6.57. The van der Waals surface area contributed by atoms with Crippen LogP contribution < -0.4 is 11.1 Å². The molecule has 0 radical (unpaired) electrons. The number of carbonyl (C=O) groups is 1. The molecule has 0 aromatic rings. The second-order valence-electron chi connectivity index (χ2n) is 3.77. The van der Waals surface area contributed by atoms with Gasteiger partial charge in [0.2, 0.25) is 5.91 Å². The van der Waals surface area contributed by atoms with Gasteiger partial charge in [0.05, 0.1) is 6.04 Å². The topological polar surface area (TPSA) is 64.3 Å². The molecule has 0 heterocycles. The number of rotatable bonds is 8. The average molecular weight is 202 g/mol. The first-order valence-corrected chi connectivity index (χ1v) is 5.18. The van der Waals surface area contributed by atoms with Crippen LogP contribution in [0.1, 0.15) is 27.2 Å². The second kappa shape index (κ2) is 7.76. The van der Waals surface area contributed by atoms with Crippen molar-refractivity contribution in [3.8, 4) is 0 Å². The minimum atomic E-state index is -0.306. The van der Waals surface area contributed by atoms with Crippen molar-refractivity contribution in [3.05, 3.63) is 0 Å². The molecule has 14 heavy (non-hydrogen) atoms. The van der Waals surface area contributed by atoms with Gasteiger partial charge in [-0.05, 0) is 18.9 Å². The summed E-state index contributed by atoms with van der Waals surface area (Å²) < 4.78 is 5.37. The molecule has 1 unspecified atom stereocenters. The Balaban J connectivity index is 3.56. The van der Waals surface area contributed by atoms with E-state index in [1.807, 2.05) is 6.92 Å². The molecule has 4 nitrogen and oxygen atoms in total. The lowest BCUT2D eigenvalue weighted by atomic mass is 10.2. The van der Waals surface area contributed by atoms with Gasteiger partial charge < -0.3 is 15.8 Å². The number of ether oxygens (including phenoxy) is 1. The number of amides is 1. The van der Waals surface area contributed by atoms with Crippen molar-refractivity contribution >= 4 is 5.91 Å². The molecule has 84 valence electrons. The molecular weight excluding hydrogens is 180 g/mol. The first-order valence-electron chi connectivity index (χ1n) is 5.18. The molecule has 0 aromatic heterocycles.